The predicted octanol–water partition coefficient (Wildman–Crippen LogP) is 1.62. The van der Waals surface area contributed by atoms with Crippen LogP contribution in [0.25, 0.3) is 0 Å². The molecule has 5 heteroatoms. The van der Waals surface area contributed by atoms with Gasteiger partial charge in [-0.3, -0.25) is 4.79 Å². The lowest BCUT2D eigenvalue weighted by molar-refractivity contribution is -0.139. The zero-order chi connectivity index (χ0) is 12.8. The van der Waals surface area contributed by atoms with Crippen LogP contribution in [0, 0.1) is 17.8 Å². The van der Waals surface area contributed by atoms with E-state index in [4.69, 9.17) is 9.84 Å². The normalized spacial score (nSPS) is 35.0. The first-order valence-corrected chi connectivity index (χ1v) is 6.00. The van der Waals surface area contributed by atoms with Crippen molar-refractivity contribution >= 4 is 12.1 Å². The van der Waals surface area contributed by atoms with E-state index in [2.05, 4.69) is 5.32 Å². The molecule has 0 aromatic heterocycles. The molecule has 2 rings (SSSR count). The smallest absolute Gasteiger partial charge is 0.407 e. The highest BCUT2D eigenvalue weighted by Gasteiger charge is 2.60. The van der Waals surface area contributed by atoms with E-state index in [0.29, 0.717) is 0 Å². The molecule has 0 heterocycles. The summed E-state index contributed by atoms with van der Waals surface area (Å²) >= 11 is 0. The molecule has 0 spiro atoms. The van der Waals surface area contributed by atoms with Gasteiger partial charge < -0.3 is 15.2 Å². The number of carboxylic acid groups (broad SMARTS) is 1. The van der Waals surface area contributed by atoms with Crippen molar-refractivity contribution in [2.24, 2.45) is 17.8 Å². The number of carboxylic acids is 1. The average Bonchev–Trinajstić information content (AvgIpc) is 2.61. The van der Waals surface area contributed by atoms with E-state index in [1.54, 1.807) is 0 Å². The third-order valence-corrected chi connectivity index (χ3v) is 3.45. The highest BCUT2D eigenvalue weighted by Crippen LogP contribution is 2.57. The van der Waals surface area contributed by atoms with E-state index >= 15 is 0 Å². The fourth-order valence-electron chi connectivity index (χ4n) is 2.80. The van der Waals surface area contributed by atoms with Crippen molar-refractivity contribution in [3.8, 4) is 0 Å². The van der Waals surface area contributed by atoms with E-state index in [-0.39, 0.29) is 23.8 Å². The number of carbonyl (C=O) groups is 2. The number of nitrogens with one attached hydrogen (secondary N) is 1. The maximum Gasteiger partial charge on any atom is 0.407 e. The summed E-state index contributed by atoms with van der Waals surface area (Å²) < 4.78 is 5.16. The summed E-state index contributed by atoms with van der Waals surface area (Å²) in [6.45, 7) is 5.46. The van der Waals surface area contributed by atoms with Gasteiger partial charge in [-0.1, -0.05) is 0 Å². The predicted molar refractivity (Wildman–Crippen MR) is 60.5 cm³/mol. The van der Waals surface area contributed by atoms with Crippen LogP contribution in [0.5, 0.6) is 0 Å². The molecule has 0 radical (unpaired) electrons. The van der Waals surface area contributed by atoms with Gasteiger partial charge in [-0.05, 0) is 45.4 Å². The van der Waals surface area contributed by atoms with E-state index in [1.165, 1.54) is 0 Å². The molecule has 2 unspecified atom stereocenters. The van der Waals surface area contributed by atoms with E-state index in [0.717, 1.165) is 12.8 Å². The second kappa shape index (κ2) is 3.89. The lowest BCUT2D eigenvalue weighted by atomic mass is 10.1. The first-order valence-electron chi connectivity index (χ1n) is 6.00. The molecule has 0 saturated heterocycles. The zero-order valence-corrected chi connectivity index (χ0v) is 10.4. The summed E-state index contributed by atoms with van der Waals surface area (Å²) in [5.74, 6) is -0.359. The zero-order valence-electron chi connectivity index (χ0n) is 10.4. The summed E-state index contributed by atoms with van der Waals surface area (Å²) in [6, 6.07) is 0.0791. The van der Waals surface area contributed by atoms with Crippen LogP contribution in [0.2, 0.25) is 0 Å². The van der Waals surface area contributed by atoms with Crippen LogP contribution < -0.4 is 5.32 Å². The van der Waals surface area contributed by atoms with Crippen LogP contribution in [0.15, 0.2) is 0 Å². The topological polar surface area (TPSA) is 75.6 Å². The van der Waals surface area contributed by atoms with Crippen molar-refractivity contribution in [2.45, 2.75) is 45.3 Å². The number of aliphatic carboxylic acids is 1. The number of hydrogen-bond donors (Lipinski definition) is 2. The van der Waals surface area contributed by atoms with Crippen molar-refractivity contribution in [3.05, 3.63) is 0 Å². The SMILES string of the molecule is CC(C)(C)OC(=O)NC1CC2C(C1)C2C(=O)O. The van der Waals surface area contributed by atoms with Crippen LogP contribution >= 0.6 is 0 Å². The third-order valence-electron chi connectivity index (χ3n) is 3.45. The summed E-state index contributed by atoms with van der Waals surface area (Å²) in [5, 5.41) is 11.7. The minimum atomic E-state index is -0.698. The molecule has 0 aliphatic heterocycles. The van der Waals surface area contributed by atoms with Crippen molar-refractivity contribution in [3.63, 3.8) is 0 Å². The molecular weight excluding hydrogens is 222 g/mol. The lowest BCUT2D eigenvalue weighted by Gasteiger charge is -2.22. The second-order valence-corrected chi connectivity index (χ2v) is 6.01. The number of amides is 1. The third kappa shape index (κ3) is 2.70. The van der Waals surface area contributed by atoms with Crippen molar-refractivity contribution in [1.82, 2.24) is 5.32 Å². The van der Waals surface area contributed by atoms with Crippen molar-refractivity contribution in [1.29, 1.82) is 0 Å². The summed E-state index contributed by atoms with van der Waals surface area (Å²) in [6.07, 6.45) is 1.12. The molecule has 2 aliphatic carbocycles. The molecule has 2 N–H and O–H groups in total. The Bertz CT molecular complexity index is 335. The van der Waals surface area contributed by atoms with Gasteiger partial charge in [-0.15, -0.1) is 0 Å². The minimum absolute atomic E-state index is 0.0791. The molecule has 0 bridgehead atoms. The van der Waals surface area contributed by atoms with E-state index < -0.39 is 17.7 Å². The van der Waals surface area contributed by atoms with Crippen LogP contribution in [0.4, 0.5) is 4.79 Å². The van der Waals surface area contributed by atoms with Gasteiger partial charge in [0.15, 0.2) is 0 Å². The number of ether oxygens (including phenoxy) is 1. The van der Waals surface area contributed by atoms with Crippen LogP contribution in [0.1, 0.15) is 33.6 Å². The molecule has 2 saturated carbocycles. The number of rotatable bonds is 2. The number of carbonyl (C=O) groups excluding carboxylic acids is 1. The molecule has 96 valence electrons. The maximum absolute atomic E-state index is 11.5. The molecule has 2 aliphatic rings. The van der Waals surface area contributed by atoms with Gasteiger partial charge in [-0.25, -0.2) is 4.79 Å². The summed E-state index contributed by atoms with van der Waals surface area (Å²) in [4.78, 5) is 22.3. The Kier molecular flexibility index (Phi) is 2.79. The summed E-state index contributed by atoms with van der Waals surface area (Å²) in [5.41, 5.74) is -0.491. The van der Waals surface area contributed by atoms with E-state index in [1.807, 2.05) is 20.8 Å². The van der Waals surface area contributed by atoms with Gasteiger partial charge in [-0.2, -0.15) is 0 Å². The Balaban J connectivity index is 1.74. The fourth-order valence-corrected chi connectivity index (χ4v) is 2.80. The Labute approximate surface area is 101 Å². The lowest BCUT2D eigenvalue weighted by Crippen LogP contribution is -2.38. The fraction of sp³-hybridized carbons (Fsp3) is 0.833. The number of alkyl carbamates (subject to hydrolysis) is 1. The molecule has 17 heavy (non-hydrogen) atoms. The molecular formula is C12H19NO4. The summed E-state index contributed by atoms with van der Waals surface area (Å²) in [7, 11) is 0. The Morgan fingerprint density at radius 3 is 2.18 bits per heavy atom. The highest BCUT2D eigenvalue weighted by molar-refractivity contribution is 5.75. The largest absolute Gasteiger partial charge is 0.481 e. The standard InChI is InChI=1S/C12H19NO4/c1-12(2,3)17-11(16)13-6-4-7-8(5-6)9(7)10(14)15/h6-9H,4-5H2,1-3H3,(H,13,16)(H,14,15). The van der Waals surface area contributed by atoms with Gasteiger partial charge in [0, 0.05) is 6.04 Å². The molecule has 2 atom stereocenters. The quantitative estimate of drug-likeness (QED) is 0.770. The monoisotopic (exact) mass is 241 g/mol. The van der Waals surface area contributed by atoms with Crippen LogP contribution in [-0.4, -0.2) is 28.8 Å². The number of hydrogen-bond acceptors (Lipinski definition) is 3. The van der Waals surface area contributed by atoms with Gasteiger partial charge in [0.25, 0.3) is 0 Å². The van der Waals surface area contributed by atoms with Crippen LogP contribution in [-0.2, 0) is 9.53 Å². The van der Waals surface area contributed by atoms with Gasteiger partial charge in [0.1, 0.15) is 5.60 Å². The molecule has 5 nitrogen and oxygen atoms in total. The Hall–Kier alpha value is -1.26. The molecule has 2 fully saturated rings. The van der Waals surface area contributed by atoms with E-state index in [9.17, 15) is 9.59 Å². The molecule has 0 aromatic carbocycles. The van der Waals surface area contributed by atoms with Gasteiger partial charge in [0.2, 0.25) is 0 Å². The Morgan fingerprint density at radius 2 is 1.76 bits per heavy atom. The minimum Gasteiger partial charge on any atom is -0.481 e. The molecule has 1 amide bonds. The number of fused-ring (bicyclic) bond motifs is 1. The highest BCUT2D eigenvalue weighted by atomic mass is 16.6. The van der Waals surface area contributed by atoms with Crippen LogP contribution in [0.3, 0.4) is 0 Å². The average molecular weight is 241 g/mol. The first-order chi connectivity index (χ1) is 7.78. The first kappa shape index (κ1) is 12.2. The van der Waals surface area contributed by atoms with Crippen molar-refractivity contribution < 1.29 is 19.4 Å². The second-order valence-electron chi connectivity index (χ2n) is 6.01. The maximum atomic E-state index is 11.5. The Morgan fingerprint density at radius 1 is 1.24 bits per heavy atom. The molecule has 0 aromatic rings. The van der Waals surface area contributed by atoms with Gasteiger partial charge in [0.05, 0.1) is 5.92 Å². The van der Waals surface area contributed by atoms with Gasteiger partial charge >= 0.3 is 12.1 Å². The van der Waals surface area contributed by atoms with Crippen molar-refractivity contribution in [2.75, 3.05) is 0 Å².